The number of rotatable bonds is 3. The van der Waals surface area contributed by atoms with E-state index in [1.165, 1.54) is 12.1 Å². The first-order valence-electron chi connectivity index (χ1n) is 4.85. The summed E-state index contributed by atoms with van der Waals surface area (Å²) in [6.07, 6.45) is 1.56. The molecular formula is C11H8BrF2N3S. The third-order valence-electron chi connectivity index (χ3n) is 2.05. The van der Waals surface area contributed by atoms with E-state index in [1.54, 1.807) is 12.3 Å². The number of nitrogens with one attached hydrogen (secondary N) is 1. The van der Waals surface area contributed by atoms with Gasteiger partial charge in [-0.05, 0) is 46.1 Å². The lowest BCUT2D eigenvalue weighted by molar-refractivity contribution is 0.566. The highest BCUT2D eigenvalue weighted by Gasteiger charge is 2.06. The normalized spacial score (nSPS) is 10.4. The van der Waals surface area contributed by atoms with Gasteiger partial charge in [0.15, 0.2) is 0 Å². The van der Waals surface area contributed by atoms with Crippen LogP contribution in [-0.4, -0.2) is 4.98 Å². The fourth-order valence-corrected chi connectivity index (χ4v) is 2.21. The number of hydrogen-bond acceptors (Lipinski definition) is 4. The third kappa shape index (κ3) is 3.11. The summed E-state index contributed by atoms with van der Waals surface area (Å²) >= 11 is 4.25. The summed E-state index contributed by atoms with van der Waals surface area (Å²) in [5, 5.41) is 0. The SMILES string of the molecule is Nc1ncc(Br)cc1NSc1ccc(F)cc1F. The monoisotopic (exact) mass is 331 g/mol. The number of anilines is 2. The molecule has 2 aromatic rings. The zero-order valence-electron chi connectivity index (χ0n) is 8.95. The van der Waals surface area contributed by atoms with Gasteiger partial charge in [0.05, 0.1) is 10.6 Å². The molecule has 94 valence electrons. The van der Waals surface area contributed by atoms with E-state index in [0.717, 1.165) is 22.5 Å². The van der Waals surface area contributed by atoms with Gasteiger partial charge in [0, 0.05) is 16.7 Å². The number of nitrogens with zero attached hydrogens (tertiary/aromatic N) is 1. The van der Waals surface area contributed by atoms with Gasteiger partial charge in [-0.25, -0.2) is 13.8 Å². The quantitative estimate of drug-likeness (QED) is 0.839. The van der Waals surface area contributed by atoms with Crippen molar-refractivity contribution in [3.05, 3.63) is 46.6 Å². The molecule has 0 saturated carbocycles. The van der Waals surface area contributed by atoms with Crippen molar-refractivity contribution in [2.75, 3.05) is 10.5 Å². The Morgan fingerprint density at radius 1 is 1.28 bits per heavy atom. The van der Waals surface area contributed by atoms with Gasteiger partial charge in [0.25, 0.3) is 0 Å². The van der Waals surface area contributed by atoms with Crippen molar-refractivity contribution >= 4 is 39.4 Å². The number of nitrogen functional groups attached to an aromatic ring is 1. The summed E-state index contributed by atoms with van der Waals surface area (Å²) in [5.74, 6) is -0.942. The average molecular weight is 332 g/mol. The van der Waals surface area contributed by atoms with Crippen LogP contribution in [-0.2, 0) is 0 Å². The predicted octanol–water partition coefficient (Wildman–Crippen LogP) is 3.82. The first kappa shape index (κ1) is 13.1. The van der Waals surface area contributed by atoms with Gasteiger partial charge in [-0.3, -0.25) is 0 Å². The second-order valence-corrected chi connectivity index (χ2v) is 5.13. The van der Waals surface area contributed by atoms with Crippen molar-refractivity contribution in [3.63, 3.8) is 0 Å². The van der Waals surface area contributed by atoms with Crippen LogP contribution in [0.2, 0.25) is 0 Å². The average Bonchev–Trinajstić information content (AvgIpc) is 2.32. The maximum Gasteiger partial charge on any atom is 0.147 e. The smallest absolute Gasteiger partial charge is 0.147 e. The number of halogens is 3. The van der Waals surface area contributed by atoms with E-state index in [4.69, 9.17) is 5.73 Å². The van der Waals surface area contributed by atoms with Crippen LogP contribution in [0.5, 0.6) is 0 Å². The molecule has 3 nitrogen and oxygen atoms in total. The first-order chi connectivity index (χ1) is 8.56. The Morgan fingerprint density at radius 2 is 2.06 bits per heavy atom. The van der Waals surface area contributed by atoms with Crippen LogP contribution in [0.25, 0.3) is 0 Å². The minimum atomic E-state index is -0.631. The van der Waals surface area contributed by atoms with Crippen molar-refractivity contribution in [1.29, 1.82) is 0 Å². The Morgan fingerprint density at radius 3 is 2.78 bits per heavy atom. The maximum absolute atomic E-state index is 13.4. The van der Waals surface area contributed by atoms with Crippen LogP contribution < -0.4 is 10.5 Å². The van der Waals surface area contributed by atoms with Gasteiger partial charge in [0.1, 0.15) is 17.5 Å². The number of nitrogens with two attached hydrogens (primary N) is 1. The van der Waals surface area contributed by atoms with Gasteiger partial charge in [0.2, 0.25) is 0 Å². The first-order valence-corrected chi connectivity index (χ1v) is 6.46. The molecule has 0 radical (unpaired) electrons. The molecule has 2 rings (SSSR count). The van der Waals surface area contributed by atoms with Gasteiger partial charge >= 0.3 is 0 Å². The van der Waals surface area contributed by atoms with Crippen LogP contribution in [0, 0.1) is 11.6 Å². The van der Waals surface area contributed by atoms with E-state index < -0.39 is 11.6 Å². The Hall–Kier alpha value is -1.34. The van der Waals surface area contributed by atoms with Crippen LogP contribution >= 0.6 is 27.9 Å². The van der Waals surface area contributed by atoms with Crippen LogP contribution in [0.15, 0.2) is 39.8 Å². The Bertz CT molecular complexity index is 580. The van der Waals surface area contributed by atoms with E-state index in [-0.39, 0.29) is 4.90 Å². The molecule has 0 saturated heterocycles. The molecule has 0 spiro atoms. The summed E-state index contributed by atoms with van der Waals surface area (Å²) < 4.78 is 29.7. The highest BCUT2D eigenvalue weighted by molar-refractivity contribution is 9.10. The number of pyridine rings is 1. The van der Waals surface area contributed by atoms with E-state index in [1.807, 2.05) is 0 Å². The minimum absolute atomic E-state index is 0.274. The van der Waals surface area contributed by atoms with Gasteiger partial charge in [-0.15, -0.1) is 0 Å². The molecule has 1 heterocycles. The number of hydrogen-bond donors (Lipinski definition) is 2. The van der Waals surface area contributed by atoms with E-state index in [2.05, 4.69) is 25.6 Å². The predicted molar refractivity (Wildman–Crippen MR) is 72.2 cm³/mol. The van der Waals surface area contributed by atoms with Crippen molar-refractivity contribution in [2.24, 2.45) is 0 Å². The van der Waals surface area contributed by atoms with Crippen LogP contribution in [0.4, 0.5) is 20.3 Å². The molecule has 7 heteroatoms. The van der Waals surface area contributed by atoms with Crippen molar-refractivity contribution in [2.45, 2.75) is 4.90 Å². The molecule has 0 atom stereocenters. The van der Waals surface area contributed by atoms with Gasteiger partial charge in [-0.2, -0.15) is 0 Å². The van der Waals surface area contributed by atoms with Crippen LogP contribution in [0.3, 0.4) is 0 Å². The van der Waals surface area contributed by atoms with E-state index in [9.17, 15) is 8.78 Å². The van der Waals surface area contributed by atoms with Crippen molar-refractivity contribution in [3.8, 4) is 0 Å². The minimum Gasteiger partial charge on any atom is -0.382 e. The molecule has 0 aliphatic rings. The van der Waals surface area contributed by atoms with Gasteiger partial charge < -0.3 is 10.5 Å². The largest absolute Gasteiger partial charge is 0.382 e. The molecule has 0 bridgehead atoms. The summed E-state index contributed by atoms with van der Waals surface area (Å²) in [6, 6.07) is 5.09. The van der Waals surface area contributed by atoms with E-state index in [0.29, 0.717) is 11.5 Å². The topological polar surface area (TPSA) is 50.9 Å². The standard InChI is InChI=1S/C11H8BrF2N3S/c12-6-3-9(11(15)16-5-6)17-18-10-2-1-7(13)4-8(10)14/h1-5,17H,(H2,15,16). The zero-order valence-corrected chi connectivity index (χ0v) is 11.4. The molecule has 1 aromatic heterocycles. The lowest BCUT2D eigenvalue weighted by atomic mass is 10.3. The lowest BCUT2D eigenvalue weighted by Crippen LogP contribution is -1.97. The maximum atomic E-state index is 13.4. The summed E-state index contributed by atoms with van der Waals surface area (Å²) in [7, 11) is 0. The molecule has 0 amide bonds. The van der Waals surface area contributed by atoms with Gasteiger partial charge in [-0.1, -0.05) is 0 Å². The zero-order chi connectivity index (χ0) is 13.1. The molecule has 0 unspecified atom stereocenters. The molecule has 0 aliphatic heterocycles. The fourth-order valence-electron chi connectivity index (χ4n) is 1.20. The van der Waals surface area contributed by atoms with Crippen molar-refractivity contribution in [1.82, 2.24) is 4.98 Å². The summed E-state index contributed by atoms with van der Waals surface area (Å²) in [5.41, 5.74) is 6.21. The molecule has 3 N–H and O–H groups in total. The Kier molecular flexibility index (Phi) is 4.03. The third-order valence-corrected chi connectivity index (χ3v) is 3.36. The van der Waals surface area contributed by atoms with E-state index >= 15 is 0 Å². The molecular weight excluding hydrogens is 324 g/mol. The fraction of sp³-hybridized carbons (Fsp3) is 0. The Labute approximate surface area is 115 Å². The summed E-state index contributed by atoms with van der Waals surface area (Å²) in [6.45, 7) is 0. The lowest BCUT2D eigenvalue weighted by Gasteiger charge is -2.08. The molecule has 18 heavy (non-hydrogen) atoms. The second-order valence-electron chi connectivity index (χ2n) is 3.37. The molecule has 0 fully saturated rings. The number of aromatic nitrogens is 1. The summed E-state index contributed by atoms with van der Waals surface area (Å²) in [4.78, 5) is 4.20. The van der Waals surface area contributed by atoms with Crippen LogP contribution in [0.1, 0.15) is 0 Å². The highest BCUT2D eigenvalue weighted by atomic mass is 79.9. The molecule has 0 aliphatic carbocycles. The number of benzene rings is 1. The highest BCUT2D eigenvalue weighted by Crippen LogP contribution is 2.28. The van der Waals surface area contributed by atoms with Crippen molar-refractivity contribution < 1.29 is 8.78 Å². The Balaban J connectivity index is 2.13. The second kappa shape index (κ2) is 5.53. The molecule has 1 aromatic carbocycles.